The second kappa shape index (κ2) is 8.22. The van der Waals surface area contributed by atoms with Crippen LogP contribution in [0.4, 0.5) is 24.5 Å². The van der Waals surface area contributed by atoms with Gasteiger partial charge in [0.15, 0.2) is 9.84 Å². The number of nitrogens with zero attached hydrogens (tertiary/aromatic N) is 1. The maximum atomic E-state index is 13.9. The van der Waals surface area contributed by atoms with Crippen LogP contribution < -0.4 is 9.64 Å². The summed E-state index contributed by atoms with van der Waals surface area (Å²) >= 11 is 3.27. The molecule has 0 aliphatic carbocycles. The number of methoxy groups -OCH3 is 1. The first-order chi connectivity index (χ1) is 13.9. The summed E-state index contributed by atoms with van der Waals surface area (Å²) in [4.78, 5) is 14.2. The Labute approximate surface area is 180 Å². The van der Waals surface area contributed by atoms with E-state index < -0.39 is 45.6 Å². The number of hydrogen-bond acceptors (Lipinski definition) is 4. The third-order valence-corrected chi connectivity index (χ3v) is 7.26. The molecule has 1 aliphatic heterocycles. The van der Waals surface area contributed by atoms with Crippen molar-refractivity contribution < 1.29 is 31.1 Å². The van der Waals surface area contributed by atoms with Crippen LogP contribution in [0, 0.1) is 11.7 Å². The summed E-state index contributed by atoms with van der Waals surface area (Å²) in [6.45, 7) is 0.712. The van der Waals surface area contributed by atoms with E-state index in [2.05, 4.69) is 15.9 Å². The second-order valence-corrected chi connectivity index (χ2v) is 10.1. The molecule has 1 atom stereocenters. The van der Waals surface area contributed by atoms with Crippen LogP contribution in [0.3, 0.4) is 0 Å². The summed E-state index contributed by atoms with van der Waals surface area (Å²) in [5.41, 5.74) is 0.104. The van der Waals surface area contributed by atoms with Crippen LogP contribution in [0.2, 0.25) is 0 Å². The minimum Gasteiger partial charge on any atom is -0.496 e. The molecule has 0 radical (unpaired) electrons. The standard InChI is InChI=1S/C20H19BrF3NO4S/c1-20(23,24)7-6-12-11-30(27,28)18-10-17(29-2)15(21)9-16(18)25(19(12)26)14-5-3-4-13(22)8-14/h3-5,8-10,12H,6-7,11H2,1-2H3. The Bertz CT molecular complexity index is 1090. The highest BCUT2D eigenvalue weighted by Gasteiger charge is 2.40. The molecule has 0 saturated carbocycles. The first-order valence-corrected chi connectivity index (χ1v) is 11.4. The van der Waals surface area contributed by atoms with Gasteiger partial charge in [-0.15, -0.1) is 0 Å². The van der Waals surface area contributed by atoms with Gasteiger partial charge in [-0.2, -0.15) is 0 Å². The summed E-state index contributed by atoms with van der Waals surface area (Å²) in [5, 5.41) is 0. The molecule has 0 N–H and O–H groups in total. The molecular weight excluding hydrogens is 487 g/mol. The number of hydrogen-bond donors (Lipinski definition) is 0. The Morgan fingerprint density at radius 3 is 2.57 bits per heavy atom. The van der Waals surface area contributed by atoms with Gasteiger partial charge < -0.3 is 4.74 Å². The molecule has 3 rings (SSSR count). The Balaban J connectivity index is 2.23. The normalized spacial score (nSPS) is 18.7. The molecular formula is C20H19BrF3NO4S. The van der Waals surface area contributed by atoms with Crippen molar-refractivity contribution in [1.29, 1.82) is 0 Å². The van der Waals surface area contributed by atoms with E-state index in [-0.39, 0.29) is 28.4 Å². The molecule has 0 fully saturated rings. The van der Waals surface area contributed by atoms with Crippen molar-refractivity contribution in [3.05, 3.63) is 46.7 Å². The molecule has 10 heteroatoms. The molecule has 0 spiro atoms. The number of carbonyl (C=O) groups excluding carboxylic acids is 1. The summed E-state index contributed by atoms with van der Waals surface area (Å²) in [6, 6.07) is 7.76. The van der Waals surface area contributed by atoms with Gasteiger partial charge in [0.2, 0.25) is 11.8 Å². The van der Waals surface area contributed by atoms with Gasteiger partial charge in [-0.1, -0.05) is 6.07 Å². The fourth-order valence-corrected chi connectivity index (χ4v) is 5.61. The minimum absolute atomic E-state index is 0.00373. The molecule has 1 aliphatic rings. The van der Waals surface area contributed by atoms with E-state index in [1.807, 2.05) is 0 Å². The van der Waals surface area contributed by atoms with Crippen molar-refractivity contribution in [2.75, 3.05) is 17.8 Å². The average molecular weight is 506 g/mol. The lowest BCUT2D eigenvalue weighted by Crippen LogP contribution is -2.34. The van der Waals surface area contributed by atoms with Crippen LogP contribution in [0.15, 0.2) is 45.8 Å². The van der Waals surface area contributed by atoms with Gasteiger partial charge in [-0.3, -0.25) is 9.69 Å². The van der Waals surface area contributed by atoms with Crippen LogP contribution in [0.1, 0.15) is 19.8 Å². The van der Waals surface area contributed by atoms with E-state index in [0.29, 0.717) is 11.4 Å². The van der Waals surface area contributed by atoms with Gasteiger partial charge in [0.25, 0.3) is 0 Å². The van der Waals surface area contributed by atoms with Crippen LogP contribution in [-0.2, 0) is 14.6 Å². The minimum atomic E-state index is -4.03. The van der Waals surface area contributed by atoms with Crippen molar-refractivity contribution in [1.82, 2.24) is 0 Å². The third-order valence-electron chi connectivity index (χ3n) is 4.80. The van der Waals surface area contributed by atoms with Gasteiger partial charge in [0.05, 0.1) is 39.5 Å². The molecule has 0 aromatic heterocycles. The Hall–Kier alpha value is -2.07. The van der Waals surface area contributed by atoms with Crippen LogP contribution in [0.5, 0.6) is 5.75 Å². The zero-order chi connectivity index (χ0) is 22.3. The quantitative estimate of drug-likeness (QED) is 0.566. The van der Waals surface area contributed by atoms with Gasteiger partial charge in [0.1, 0.15) is 11.6 Å². The monoisotopic (exact) mass is 505 g/mol. The number of fused-ring (bicyclic) bond motifs is 1. The highest BCUT2D eigenvalue weighted by atomic mass is 79.9. The molecule has 5 nitrogen and oxygen atoms in total. The number of benzene rings is 2. The number of rotatable bonds is 5. The van der Waals surface area contributed by atoms with Crippen LogP contribution in [-0.4, -0.2) is 33.1 Å². The highest BCUT2D eigenvalue weighted by Crippen LogP contribution is 2.43. The lowest BCUT2D eigenvalue weighted by molar-refractivity contribution is -0.121. The van der Waals surface area contributed by atoms with E-state index in [0.717, 1.165) is 11.0 Å². The first kappa shape index (κ1) is 22.6. The number of sulfone groups is 1. The van der Waals surface area contributed by atoms with Gasteiger partial charge in [-0.25, -0.2) is 21.6 Å². The molecule has 1 unspecified atom stereocenters. The summed E-state index contributed by atoms with van der Waals surface area (Å²) in [7, 11) is -2.67. The van der Waals surface area contributed by atoms with E-state index in [4.69, 9.17) is 4.74 Å². The zero-order valence-corrected chi connectivity index (χ0v) is 18.6. The number of ether oxygens (including phenoxy) is 1. The molecule has 2 aromatic rings. The molecule has 1 heterocycles. The number of alkyl halides is 2. The number of carbonyl (C=O) groups is 1. The van der Waals surface area contributed by atoms with E-state index in [1.165, 1.54) is 37.4 Å². The molecule has 162 valence electrons. The van der Waals surface area contributed by atoms with Crippen molar-refractivity contribution in [3.8, 4) is 5.75 Å². The Kier molecular flexibility index (Phi) is 6.20. The maximum Gasteiger partial charge on any atom is 0.245 e. The molecule has 0 bridgehead atoms. The van der Waals surface area contributed by atoms with Gasteiger partial charge in [-0.05, 0) is 53.5 Å². The van der Waals surface area contributed by atoms with Crippen molar-refractivity contribution in [2.45, 2.75) is 30.6 Å². The number of anilines is 2. The predicted molar refractivity (Wildman–Crippen MR) is 110 cm³/mol. The third kappa shape index (κ3) is 4.64. The fraction of sp³-hybridized carbons (Fsp3) is 0.350. The van der Waals surface area contributed by atoms with Gasteiger partial charge >= 0.3 is 0 Å². The van der Waals surface area contributed by atoms with Gasteiger partial charge in [0, 0.05) is 12.5 Å². The fourth-order valence-electron chi connectivity index (χ4n) is 3.35. The van der Waals surface area contributed by atoms with Crippen LogP contribution in [0.25, 0.3) is 0 Å². The SMILES string of the molecule is COc1cc2c(cc1Br)N(c1cccc(F)c1)C(=O)C(CCC(C)(F)F)CS2(=O)=O. The first-order valence-electron chi connectivity index (χ1n) is 9.00. The topological polar surface area (TPSA) is 63.7 Å². The van der Waals surface area contributed by atoms with E-state index in [9.17, 15) is 26.4 Å². The lowest BCUT2D eigenvalue weighted by atomic mass is 10.0. The molecule has 30 heavy (non-hydrogen) atoms. The van der Waals surface area contributed by atoms with Crippen molar-refractivity contribution >= 4 is 43.0 Å². The number of halogens is 4. The summed E-state index contributed by atoms with van der Waals surface area (Å²) < 4.78 is 72.5. The second-order valence-electron chi connectivity index (χ2n) is 7.20. The van der Waals surface area contributed by atoms with E-state index >= 15 is 0 Å². The van der Waals surface area contributed by atoms with Crippen molar-refractivity contribution in [3.63, 3.8) is 0 Å². The molecule has 0 saturated heterocycles. The Morgan fingerprint density at radius 1 is 1.27 bits per heavy atom. The maximum absolute atomic E-state index is 13.9. The smallest absolute Gasteiger partial charge is 0.245 e. The largest absolute Gasteiger partial charge is 0.496 e. The molecule has 1 amide bonds. The van der Waals surface area contributed by atoms with Crippen molar-refractivity contribution in [2.24, 2.45) is 5.92 Å². The van der Waals surface area contributed by atoms with E-state index in [1.54, 1.807) is 0 Å². The Morgan fingerprint density at radius 2 is 1.97 bits per heavy atom. The summed E-state index contributed by atoms with van der Waals surface area (Å²) in [5.74, 6) is -6.00. The summed E-state index contributed by atoms with van der Waals surface area (Å²) in [6.07, 6.45) is -0.987. The molecule has 2 aromatic carbocycles. The predicted octanol–water partition coefficient (Wildman–Crippen LogP) is 5.10. The lowest BCUT2D eigenvalue weighted by Gasteiger charge is -2.26. The number of amides is 1. The highest BCUT2D eigenvalue weighted by molar-refractivity contribution is 9.10. The zero-order valence-electron chi connectivity index (χ0n) is 16.2. The van der Waals surface area contributed by atoms with Crippen LogP contribution >= 0.6 is 15.9 Å². The average Bonchev–Trinajstić information content (AvgIpc) is 2.71.